The Balaban J connectivity index is 1.23. The molecule has 0 radical (unpaired) electrons. The first-order valence-electron chi connectivity index (χ1n) is 13.2. The molecule has 4 N–H and O–H groups in total. The molecule has 36 heavy (non-hydrogen) atoms. The van der Waals surface area contributed by atoms with E-state index in [2.05, 4.69) is 102 Å². The van der Waals surface area contributed by atoms with Crippen LogP contribution in [0, 0.1) is 0 Å². The van der Waals surface area contributed by atoms with Gasteiger partial charge in [0.2, 0.25) is 0 Å². The van der Waals surface area contributed by atoms with E-state index in [4.69, 9.17) is 9.97 Å². The molecule has 6 nitrogen and oxygen atoms in total. The molecular formula is C30H34N6. The van der Waals surface area contributed by atoms with Crippen molar-refractivity contribution in [3.05, 3.63) is 72.3 Å². The molecule has 3 aromatic carbocycles. The molecule has 1 saturated heterocycles. The lowest BCUT2D eigenvalue weighted by molar-refractivity contribution is 0.528. The zero-order valence-electron chi connectivity index (χ0n) is 21.2. The average Bonchev–Trinajstić information content (AvgIpc) is 3.65. The zero-order valence-corrected chi connectivity index (χ0v) is 21.2. The lowest BCUT2D eigenvalue weighted by atomic mass is 10.00. The van der Waals surface area contributed by atoms with Gasteiger partial charge in [-0.1, -0.05) is 50.2 Å². The molecule has 2 aromatic heterocycles. The SMILES string of the molecule is CCN[C@@H](C)c1nc2ccc(-c3ccc(-c4ccc5nc(C6CC[C@@H](CC)N6)[nH]c5c4)cc3)cc2[nH]1. The monoisotopic (exact) mass is 478 g/mol. The maximum Gasteiger partial charge on any atom is 0.124 e. The van der Waals surface area contributed by atoms with E-state index in [1.807, 2.05) is 0 Å². The fourth-order valence-corrected chi connectivity index (χ4v) is 5.40. The molecule has 0 saturated carbocycles. The van der Waals surface area contributed by atoms with Crippen LogP contribution in [0.15, 0.2) is 60.7 Å². The van der Waals surface area contributed by atoms with Gasteiger partial charge in [-0.2, -0.15) is 0 Å². The summed E-state index contributed by atoms with van der Waals surface area (Å²) in [6.45, 7) is 7.41. The van der Waals surface area contributed by atoms with Crippen molar-refractivity contribution in [1.29, 1.82) is 0 Å². The molecule has 1 aliphatic heterocycles. The first-order valence-corrected chi connectivity index (χ1v) is 13.2. The van der Waals surface area contributed by atoms with Crippen LogP contribution in [0.1, 0.15) is 63.8 Å². The number of benzene rings is 3. The van der Waals surface area contributed by atoms with Gasteiger partial charge in [-0.05, 0) is 79.3 Å². The number of fused-ring (bicyclic) bond motifs is 2. The predicted molar refractivity (Wildman–Crippen MR) is 148 cm³/mol. The Morgan fingerprint density at radius 2 is 1.42 bits per heavy atom. The van der Waals surface area contributed by atoms with Gasteiger partial charge in [-0.25, -0.2) is 9.97 Å². The molecule has 1 unspecified atom stereocenters. The summed E-state index contributed by atoms with van der Waals surface area (Å²) < 4.78 is 0. The maximum atomic E-state index is 4.87. The quantitative estimate of drug-likeness (QED) is 0.211. The van der Waals surface area contributed by atoms with Crippen molar-refractivity contribution >= 4 is 22.1 Å². The molecule has 6 heteroatoms. The highest BCUT2D eigenvalue weighted by molar-refractivity contribution is 5.84. The largest absolute Gasteiger partial charge is 0.341 e. The minimum atomic E-state index is 0.205. The number of H-pyrrole nitrogens is 2. The first-order chi connectivity index (χ1) is 17.6. The number of hydrogen-bond acceptors (Lipinski definition) is 4. The third-order valence-corrected chi connectivity index (χ3v) is 7.54. The second kappa shape index (κ2) is 9.52. The van der Waals surface area contributed by atoms with Gasteiger partial charge in [0, 0.05) is 6.04 Å². The van der Waals surface area contributed by atoms with Crippen LogP contribution in [0.4, 0.5) is 0 Å². The van der Waals surface area contributed by atoms with E-state index in [0.717, 1.165) is 46.7 Å². The summed E-state index contributed by atoms with van der Waals surface area (Å²) in [5.41, 5.74) is 8.97. The van der Waals surface area contributed by atoms with Crippen molar-refractivity contribution in [3.63, 3.8) is 0 Å². The van der Waals surface area contributed by atoms with Gasteiger partial charge in [-0.15, -0.1) is 0 Å². The van der Waals surface area contributed by atoms with Crippen LogP contribution < -0.4 is 10.6 Å². The Morgan fingerprint density at radius 1 is 0.806 bits per heavy atom. The highest BCUT2D eigenvalue weighted by Crippen LogP contribution is 2.31. The van der Waals surface area contributed by atoms with E-state index < -0.39 is 0 Å². The van der Waals surface area contributed by atoms with E-state index in [1.165, 1.54) is 35.1 Å². The first kappa shape index (κ1) is 23.0. The Kier molecular flexibility index (Phi) is 6.07. The molecular weight excluding hydrogens is 444 g/mol. The minimum Gasteiger partial charge on any atom is -0.341 e. The Bertz CT molecular complexity index is 1500. The van der Waals surface area contributed by atoms with E-state index in [1.54, 1.807) is 0 Å². The van der Waals surface area contributed by atoms with Crippen LogP contribution in [-0.2, 0) is 0 Å². The molecule has 1 fully saturated rings. The third kappa shape index (κ3) is 4.31. The summed E-state index contributed by atoms with van der Waals surface area (Å²) in [5.74, 6) is 2.04. The van der Waals surface area contributed by atoms with E-state index in [-0.39, 0.29) is 6.04 Å². The Labute approximate surface area is 212 Å². The van der Waals surface area contributed by atoms with Crippen LogP contribution in [0.5, 0.6) is 0 Å². The van der Waals surface area contributed by atoms with Crippen LogP contribution in [-0.4, -0.2) is 32.5 Å². The number of nitrogens with one attached hydrogen (secondary N) is 4. The summed E-state index contributed by atoms with van der Waals surface area (Å²) in [6.07, 6.45) is 3.54. The highest BCUT2D eigenvalue weighted by Gasteiger charge is 2.25. The molecule has 3 atom stereocenters. The zero-order chi connectivity index (χ0) is 24.6. The second-order valence-electron chi connectivity index (χ2n) is 9.97. The highest BCUT2D eigenvalue weighted by atomic mass is 15.1. The fraction of sp³-hybridized carbons (Fsp3) is 0.333. The normalized spacial score (nSPS) is 18.9. The van der Waals surface area contributed by atoms with Gasteiger partial charge in [0.25, 0.3) is 0 Å². The van der Waals surface area contributed by atoms with E-state index in [9.17, 15) is 0 Å². The lowest BCUT2D eigenvalue weighted by Gasteiger charge is -2.09. The van der Waals surface area contributed by atoms with Gasteiger partial charge in [-0.3, -0.25) is 0 Å². The summed E-state index contributed by atoms with van der Waals surface area (Å²) in [7, 11) is 0. The summed E-state index contributed by atoms with van der Waals surface area (Å²) in [6, 6.07) is 22.9. The number of imidazole rings is 2. The van der Waals surface area contributed by atoms with Gasteiger partial charge in [0.1, 0.15) is 11.6 Å². The number of aromatic amines is 2. The van der Waals surface area contributed by atoms with Crippen molar-refractivity contribution in [2.24, 2.45) is 0 Å². The van der Waals surface area contributed by atoms with Crippen LogP contribution in [0.3, 0.4) is 0 Å². The van der Waals surface area contributed by atoms with E-state index >= 15 is 0 Å². The smallest absolute Gasteiger partial charge is 0.124 e. The topological polar surface area (TPSA) is 81.4 Å². The average molecular weight is 479 g/mol. The van der Waals surface area contributed by atoms with Crippen molar-refractivity contribution in [3.8, 4) is 22.3 Å². The van der Waals surface area contributed by atoms with Gasteiger partial charge >= 0.3 is 0 Å². The molecule has 0 amide bonds. The lowest BCUT2D eigenvalue weighted by Crippen LogP contribution is -2.23. The van der Waals surface area contributed by atoms with Crippen LogP contribution in [0.2, 0.25) is 0 Å². The predicted octanol–water partition coefficient (Wildman–Crippen LogP) is 6.65. The summed E-state index contributed by atoms with van der Waals surface area (Å²) in [4.78, 5) is 16.7. The van der Waals surface area contributed by atoms with Crippen molar-refractivity contribution in [1.82, 2.24) is 30.6 Å². The van der Waals surface area contributed by atoms with Crippen molar-refractivity contribution in [2.45, 2.75) is 58.2 Å². The maximum absolute atomic E-state index is 4.87. The molecule has 3 heterocycles. The fourth-order valence-electron chi connectivity index (χ4n) is 5.40. The molecule has 6 rings (SSSR count). The van der Waals surface area contributed by atoms with Crippen molar-refractivity contribution < 1.29 is 0 Å². The molecule has 0 spiro atoms. The Morgan fingerprint density at radius 3 is 2.03 bits per heavy atom. The standard InChI is InChI=1S/C30H34N6/c1-4-23-12-15-26(32-23)30-34-25-14-11-22(17-28(25)36-30)20-8-6-19(7-9-20)21-10-13-24-27(16-21)35-29(33-24)18(3)31-5-2/h6-11,13-14,16-18,23,26,31-32H,4-5,12,15H2,1-3H3,(H,33,35)(H,34,36)/t18-,23+,26?/m0/s1. The summed E-state index contributed by atoms with van der Waals surface area (Å²) in [5, 5.41) is 7.12. The second-order valence-corrected chi connectivity index (χ2v) is 9.97. The number of nitrogens with zero attached hydrogens (tertiary/aromatic N) is 2. The third-order valence-electron chi connectivity index (χ3n) is 7.54. The van der Waals surface area contributed by atoms with Crippen LogP contribution in [0.25, 0.3) is 44.3 Å². The molecule has 5 aromatic rings. The minimum absolute atomic E-state index is 0.205. The number of rotatable bonds is 7. The Hall–Kier alpha value is -3.48. The van der Waals surface area contributed by atoms with Gasteiger partial charge < -0.3 is 20.6 Å². The molecule has 0 bridgehead atoms. The van der Waals surface area contributed by atoms with E-state index in [0.29, 0.717) is 12.1 Å². The molecule has 0 aliphatic carbocycles. The molecule has 1 aliphatic rings. The van der Waals surface area contributed by atoms with Gasteiger partial charge in [0.05, 0.1) is 34.2 Å². The molecule has 184 valence electrons. The van der Waals surface area contributed by atoms with Crippen molar-refractivity contribution in [2.75, 3.05) is 6.54 Å². The summed E-state index contributed by atoms with van der Waals surface area (Å²) >= 11 is 0. The number of hydrogen-bond donors (Lipinski definition) is 4. The van der Waals surface area contributed by atoms with Crippen LogP contribution >= 0.6 is 0 Å². The number of aromatic nitrogens is 4. The van der Waals surface area contributed by atoms with Gasteiger partial charge in [0.15, 0.2) is 0 Å².